The second kappa shape index (κ2) is 9.05. The number of hydrogen-bond donors (Lipinski definition) is 1. The lowest BCUT2D eigenvalue weighted by Gasteiger charge is -2.23. The summed E-state index contributed by atoms with van der Waals surface area (Å²) in [5.41, 5.74) is 1.72. The molecule has 4 rings (SSSR count). The minimum absolute atomic E-state index is 0.0353. The maximum Gasteiger partial charge on any atom is 0.258 e. The van der Waals surface area contributed by atoms with Crippen LogP contribution in [0.2, 0.25) is 0 Å². The maximum absolute atomic E-state index is 13.6. The van der Waals surface area contributed by atoms with Gasteiger partial charge < -0.3 is 14.6 Å². The van der Waals surface area contributed by atoms with Crippen LogP contribution in [0.15, 0.2) is 52.2 Å². The van der Waals surface area contributed by atoms with Crippen LogP contribution in [0, 0.1) is 0 Å². The molecular formula is C23H26N4O5S. The van der Waals surface area contributed by atoms with Crippen LogP contribution in [0.5, 0.6) is 0 Å². The van der Waals surface area contributed by atoms with E-state index in [2.05, 4.69) is 9.97 Å². The first-order valence-corrected chi connectivity index (χ1v) is 12.1. The van der Waals surface area contributed by atoms with Crippen LogP contribution in [-0.4, -0.2) is 54.9 Å². The lowest BCUT2D eigenvalue weighted by atomic mass is 10.1. The number of aromatic nitrogens is 2. The van der Waals surface area contributed by atoms with E-state index in [9.17, 15) is 18.0 Å². The number of methoxy groups -OCH3 is 1. The summed E-state index contributed by atoms with van der Waals surface area (Å²) >= 11 is 0. The van der Waals surface area contributed by atoms with Gasteiger partial charge in [-0.15, -0.1) is 0 Å². The fourth-order valence-corrected chi connectivity index (χ4v) is 5.69. The number of ether oxygens (including phenoxy) is 1. The molecule has 0 bridgehead atoms. The molecule has 2 heterocycles. The number of benzene rings is 2. The molecule has 33 heavy (non-hydrogen) atoms. The van der Waals surface area contributed by atoms with Crippen molar-refractivity contribution in [2.75, 3.05) is 25.2 Å². The van der Waals surface area contributed by atoms with Crippen molar-refractivity contribution in [1.82, 2.24) is 14.3 Å². The van der Waals surface area contributed by atoms with E-state index in [4.69, 9.17) is 4.74 Å². The Kier molecular flexibility index (Phi) is 6.33. The minimum atomic E-state index is -3.93. The Morgan fingerprint density at radius 3 is 2.76 bits per heavy atom. The molecule has 1 amide bonds. The highest BCUT2D eigenvalue weighted by molar-refractivity contribution is 7.89. The van der Waals surface area contributed by atoms with Crippen molar-refractivity contribution in [1.29, 1.82) is 0 Å². The number of aromatic amines is 1. The molecule has 3 aromatic rings. The number of hydrogen-bond acceptors (Lipinski definition) is 6. The van der Waals surface area contributed by atoms with Gasteiger partial charge in [0, 0.05) is 32.3 Å². The summed E-state index contributed by atoms with van der Waals surface area (Å²) in [5.74, 6) is 0.167. The number of H-pyrrole nitrogens is 1. The number of carbonyl (C=O) groups is 1. The molecular weight excluding hydrogens is 444 g/mol. The second-order valence-corrected chi connectivity index (χ2v) is 10.0. The Balaban J connectivity index is 1.70. The van der Waals surface area contributed by atoms with Crippen molar-refractivity contribution in [3.8, 4) is 0 Å². The summed E-state index contributed by atoms with van der Waals surface area (Å²) in [6.07, 6.45) is 0.579. The first kappa shape index (κ1) is 23.1. The molecule has 1 N–H and O–H groups in total. The van der Waals surface area contributed by atoms with Crippen molar-refractivity contribution < 1.29 is 17.9 Å². The number of para-hydroxylation sites is 1. The van der Waals surface area contributed by atoms with E-state index in [-0.39, 0.29) is 47.9 Å². The average Bonchev–Trinajstić information content (AvgIpc) is 3.11. The van der Waals surface area contributed by atoms with Gasteiger partial charge in [0.25, 0.3) is 5.56 Å². The van der Waals surface area contributed by atoms with Crippen LogP contribution in [0.4, 0.5) is 5.69 Å². The van der Waals surface area contributed by atoms with Crippen LogP contribution in [0.3, 0.4) is 0 Å². The topological polar surface area (TPSA) is 113 Å². The molecule has 9 nitrogen and oxygen atoms in total. The summed E-state index contributed by atoms with van der Waals surface area (Å²) in [4.78, 5) is 33.4. The van der Waals surface area contributed by atoms with E-state index < -0.39 is 10.0 Å². The quantitative estimate of drug-likeness (QED) is 0.566. The number of amides is 1. The van der Waals surface area contributed by atoms with E-state index in [1.54, 1.807) is 41.3 Å². The molecule has 0 saturated heterocycles. The molecule has 0 aliphatic carbocycles. The van der Waals surface area contributed by atoms with Crippen molar-refractivity contribution in [2.24, 2.45) is 0 Å². The lowest BCUT2D eigenvalue weighted by Crippen LogP contribution is -2.35. The van der Waals surface area contributed by atoms with E-state index in [1.807, 2.05) is 6.92 Å². The van der Waals surface area contributed by atoms with Gasteiger partial charge in [0.05, 0.1) is 29.0 Å². The van der Waals surface area contributed by atoms with Gasteiger partial charge in [-0.3, -0.25) is 9.59 Å². The van der Waals surface area contributed by atoms with Crippen molar-refractivity contribution >= 4 is 32.5 Å². The molecule has 1 aliphatic rings. The molecule has 0 fully saturated rings. The van der Waals surface area contributed by atoms with Crippen LogP contribution < -0.4 is 10.5 Å². The molecule has 174 valence electrons. The zero-order valence-corrected chi connectivity index (χ0v) is 19.6. The first-order chi connectivity index (χ1) is 15.7. The third-order valence-corrected chi connectivity index (χ3v) is 7.62. The monoisotopic (exact) mass is 470 g/mol. The fraction of sp³-hybridized carbons (Fsp3) is 0.348. The van der Waals surface area contributed by atoms with Crippen LogP contribution in [0.1, 0.15) is 25.2 Å². The smallest absolute Gasteiger partial charge is 0.258 e. The van der Waals surface area contributed by atoms with Gasteiger partial charge in [-0.25, -0.2) is 13.4 Å². The SMILES string of the molecule is COCCN(Cc1nc2ccccc2c(=O)[nH]1)S(=O)(=O)c1ccc2c(c1)CC(C)N2C(C)=O. The summed E-state index contributed by atoms with van der Waals surface area (Å²) in [7, 11) is -2.43. The number of fused-ring (bicyclic) bond motifs is 2. The first-order valence-electron chi connectivity index (χ1n) is 10.6. The fourth-order valence-electron chi connectivity index (χ4n) is 4.25. The number of rotatable bonds is 7. The normalized spacial score (nSPS) is 15.9. The lowest BCUT2D eigenvalue weighted by molar-refractivity contribution is -0.116. The molecule has 2 aromatic carbocycles. The second-order valence-electron chi connectivity index (χ2n) is 8.09. The van der Waals surface area contributed by atoms with Crippen LogP contribution in [0.25, 0.3) is 10.9 Å². The Bertz CT molecular complexity index is 1370. The van der Waals surface area contributed by atoms with E-state index in [0.717, 1.165) is 11.3 Å². The predicted molar refractivity (Wildman–Crippen MR) is 125 cm³/mol. The van der Waals surface area contributed by atoms with Gasteiger partial charge in [0.1, 0.15) is 5.82 Å². The summed E-state index contributed by atoms with van der Waals surface area (Å²) in [6, 6.07) is 11.7. The van der Waals surface area contributed by atoms with E-state index >= 15 is 0 Å². The third kappa shape index (κ3) is 4.41. The molecule has 0 radical (unpaired) electrons. The van der Waals surface area contributed by atoms with Crippen molar-refractivity contribution in [3.63, 3.8) is 0 Å². The Hall–Kier alpha value is -3.08. The van der Waals surface area contributed by atoms with Crippen LogP contribution >= 0.6 is 0 Å². The predicted octanol–water partition coefficient (Wildman–Crippen LogP) is 2.06. The molecule has 1 aliphatic heterocycles. The van der Waals surface area contributed by atoms with E-state index in [0.29, 0.717) is 17.3 Å². The number of sulfonamides is 1. The average molecular weight is 471 g/mol. The molecule has 1 atom stereocenters. The Morgan fingerprint density at radius 1 is 1.27 bits per heavy atom. The van der Waals surface area contributed by atoms with E-state index in [1.165, 1.54) is 24.4 Å². The van der Waals surface area contributed by atoms with Crippen LogP contribution in [-0.2, 0) is 32.5 Å². The summed E-state index contributed by atoms with van der Waals surface area (Å²) in [6.45, 7) is 3.58. The number of nitrogens with one attached hydrogen (secondary N) is 1. The standard InChI is InChI=1S/C23H26N4O5S/c1-15-12-17-13-18(8-9-21(17)27(15)16(2)28)33(30,31)26(10-11-32-3)14-22-24-20-7-5-4-6-19(20)23(29)25-22/h4-9,13,15H,10-12,14H2,1-3H3,(H,24,25,29). The maximum atomic E-state index is 13.6. The van der Waals surface area contributed by atoms with Crippen molar-refractivity contribution in [3.05, 3.63) is 64.2 Å². The Morgan fingerprint density at radius 2 is 2.03 bits per heavy atom. The number of carbonyl (C=O) groups excluding carboxylic acids is 1. The molecule has 1 unspecified atom stereocenters. The Labute approximate surface area is 192 Å². The highest BCUT2D eigenvalue weighted by atomic mass is 32.2. The van der Waals surface area contributed by atoms with Gasteiger partial charge in [-0.1, -0.05) is 12.1 Å². The van der Waals surface area contributed by atoms with Gasteiger partial charge >= 0.3 is 0 Å². The number of nitrogens with zero attached hydrogens (tertiary/aromatic N) is 3. The molecule has 0 spiro atoms. The van der Waals surface area contributed by atoms with Gasteiger partial charge in [0.2, 0.25) is 15.9 Å². The zero-order valence-electron chi connectivity index (χ0n) is 18.7. The highest BCUT2D eigenvalue weighted by Crippen LogP contribution is 2.34. The summed E-state index contributed by atoms with van der Waals surface area (Å²) in [5, 5.41) is 0.440. The van der Waals surface area contributed by atoms with Gasteiger partial charge in [-0.2, -0.15) is 4.31 Å². The highest BCUT2D eigenvalue weighted by Gasteiger charge is 2.32. The minimum Gasteiger partial charge on any atom is -0.383 e. The molecule has 1 aromatic heterocycles. The molecule has 10 heteroatoms. The number of anilines is 1. The molecule has 0 saturated carbocycles. The third-order valence-electron chi connectivity index (χ3n) is 5.78. The van der Waals surface area contributed by atoms with Gasteiger partial charge in [0.15, 0.2) is 0 Å². The van der Waals surface area contributed by atoms with Gasteiger partial charge in [-0.05, 0) is 49.2 Å². The van der Waals surface area contributed by atoms with Crippen molar-refractivity contribution in [2.45, 2.75) is 37.8 Å². The zero-order chi connectivity index (χ0) is 23.8. The largest absolute Gasteiger partial charge is 0.383 e. The summed E-state index contributed by atoms with van der Waals surface area (Å²) < 4.78 is 33.5.